The summed E-state index contributed by atoms with van der Waals surface area (Å²) in [5.41, 5.74) is 1.49. The van der Waals surface area contributed by atoms with Crippen LogP contribution in [0.15, 0.2) is 90.1 Å². The van der Waals surface area contributed by atoms with Crippen LogP contribution in [0.5, 0.6) is 0 Å². The van der Waals surface area contributed by atoms with Crippen LogP contribution in [0.2, 0.25) is 5.02 Å². The van der Waals surface area contributed by atoms with Gasteiger partial charge >= 0.3 is 0 Å². The van der Waals surface area contributed by atoms with Crippen molar-refractivity contribution in [2.24, 2.45) is 0 Å². The highest BCUT2D eigenvalue weighted by atomic mass is 35.5. The highest BCUT2D eigenvalue weighted by Crippen LogP contribution is 2.31. The predicted molar refractivity (Wildman–Crippen MR) is 144 cm³/mol. The zero-order valence-corrected chi connectivity index (χ0v) is 22.0. The number of amides is 1. The Morgan fingerprint density at radius 1 is 0.892 bits per heavy atom. The summed E-state index contributed by atoms with van der Waals surface area (Å²) in [6, 6.07) is 21.0. The fraction of sp³-hybridized carbons (Fsp3) is 0.214. The van der Waals surface area contributed by atoms with Gasteiger partial charge in [0.25, 0.3) is 5.91 Å². The number of pyridine rings is 1. The molecule has 7 nitrogen and oxygen atoms in total. The van der Waals surface area contributed by atoms with Crippen molar-refractivity contribution in [2.75, 3.05) is 19.6 Å². The van der Waals surface area contributed by atoms with Crippen molar-refractivity contribution in [3.05, 3.63) is 101 Å². The molecule has 37 heavy (non-hydrogen) atoms. The Hall–Kier alpha value is -3.46. The quantitative estimate of drug-likeness (QED) is 0.279. The fourth-order valence-corrected chi connectivity index (χ4v) is 6.81. The van der Waals surface area contributed by atoms with E-state index in [1.807, 2.05) is 32.0 Å². The van der Waals surface area contributed by atoms with E-state index in [1.54, 1.807) is 59.5 Å². The molecule has 1 aliphatic heterocycles. The van der Waals surface area contributed by atoms with Crippen molar-refractivity contribution in [1.29, 1.82) is 0 Å². The lowest BCUT2D eigenvalue weighted by Crippen LogP contribution is -2.61. The van der Waals surface area contributed by atoms with Crippen molar-refractivity contribution < 1.29 is 17.9 Å². The molecular weight excluding hydrogens is 510 g/mol. The number of rotatable bonds is 4. The van der Waals surface area contributed by atoms with Crippen molar-refractivity contribution in [1.82, 2.24) is 9.21 Å². The van der Waals surface area contributed by atoms with Crippen LogP contribution in [0.4, 0.5) is 0 Å². The van der Waals surface area contributed by atoms with Crippen molar-refractivity contribution in [3.63, 3.8) is 0 Å². The number of nitrogens with zero attached hydrogens (tertiary/aromatic N) is 3. The third-order valence-electron chi connectivity index (χ3n) is 6.74. The molecule has 4 aromatic rings. The van der Waals surface area contributed by atoms with Gasteiger partial charge in [-0.15, -0.1) is 0 Å². The summed E-state index contributed by atoms with van der Waals surface area (Å²) in [5, 5.41) is 13.5. The SMILES string of the molecule is CC1(C)CN(C(=O)c2ccc(-c3cc[n+]([O-])cc3)cc2)CCN1S(=O)(=O)c1ccc2cc(Cl)ccc2c1. The van der Waals surface area contributed by atoms with E-state index in [4.69, 9.17) is 11.6 Å². The Morgan fingerprint density at radius 2 is 1.51 bits per heavy atom. The van der Waals surface area contributed by atoms with Crippen LogP contribution >= 0.6 is 11.6 Å². The number of halogens is 1. The Kier molecular flexibility index (Phi) is 6.43. The molecule has 0 radical (unpaired) electrons. The predicted octanol–water partition coefficient (Wildman–Crippen LogP) is 4.72. The average Bonchev–Trinajstić information content (AvgIpc) is 2.87. The molecule has 190 valence electrons. The minimum atomic E-state index is -3.79. The smallest absolute Gasteiger partial charge is 0.253 e. The van der Waals surface area contributed by atoms with E-state index in [1.165, 1.54) is 16.7 Å². The molecule has 0 unspecified atom stereocenters. The number of carbonyl (C=O) groups excluding carboxylic acids is 1. The Labute approximate surface area is 221 Å². The first-order valence-electron chi connectivity index (χ1n) is 11.9. The summed E-state index contributed by atoms with van der Waals surface area (Å²) >= 11 is 6.06. The number of aromatic nitrogens is 1. The second kappa shape index (κ2) is 9.45. The monoisotopic (exact) mass is 535 g/mol. The molecule has 3 aromatic carbocycles. The number of sulfonamides is 1. The lowest BCUT2D eigenvalue weighted by molar-refractivity contribution is -0.605. The molecule has 0 aliphatic carbocycles. The topological polar surface area (TPSA) is 84.6 Å². The highest BCUT2D eigenvalue weighted by Gasteiger charge is 2.43. The zero-order valence-electron chi connectivity index (χ0n) is 20.5. The second-order valence-electron chi connectivity index (χ2n) is 9.79. The molecule has 0 saturated carbocycles. The van der Waals surface area contributed by atoms with Crippen LogP contribution in [-0.2, 0) is 10.0 Å². The summed E-state index contributed by atoms with van der Waals surface area (Å²) < 4.78 is 29.5. The van der Waals surface area contributed by atoms with Crippen LogP contribution in [0.25, 0.3) is 21.9 Å². The lowest BCUT2D eigenvalue weighted by Gasteiger charge is -2.46. The maximum absolute atomic E-state index is 13.6. The molecule has 5 rings (SSSR count). The van der Waals surface area contributed by atoms with Gasteiger partial charge in [0.2, 0.25) is 10.0 Å². The molecular formula is C28H26ClN3O4S. The van der Waals surface area contributed by atoms with Crippen LogP contribution in [-0.4, -0.2) is 48.7 Å². The van der Waals surface area contributed by atoms with Crippen LogP contribution in [0.3, 0.4) is 0 Å². The van der Waals surface area contributed by atoms with E-state index in [0.717, 1.165) is 26.6 Å². The fourth-order valence-electron chi connectivity index (χ4n) is 4.83. The minimum absolute atomic E-state index is 0.148. The van der Waals surface area contributed by atoms with Gasteiger partial charge in [-0.25, -0.2) is 8.42 Å². The molecule has 2 heterocycles. The molecule has 0 bridgehead atoms. The van der Waals surface area contributed by atoms with E-state index in [2.05, 4.69) is 0 Å². The van der Waals surface area contributed by atoms with E-state index >= 15 is 0 Å². The van der Waals surface area contributed by atoms with E-state index < -0.39 is 15.6 Å². The number of hydrogen-bond donors (Lipinski definition) is 0. The molecule has 9 heteroatoms. The number of fused-ring (bicyclic) bond motifs is 1. The molecule has 0 atom stereocenters. The maximum atomic E-state index is 13.6. The molecule has 1 amide bonds. The lowest BCUT2D eigenvalue weighted by atomic mass is 10.0. The second-order valence-corrected chi connectivity index (χ2v) is 12.1. The Balaban J connectivity index is 1.33. The molecule has 1 saturated heterocycles. The summed E-state index contributed by atoms with van der Waals surface area (Å²) in [6.45, 7) is 4.42. The van der Waals surface area contributed by atoms with Crippen LogP contribution in [0, 0.1) is 5.21 Å². The molecule has 1 fully saturated rings. The normalized spacial score (nSPS) is 16.1. The first kappa shape index (κ1) is 25.2. The zero-order chi connectivity index (χ0) is 26.4. The van der Waals surface area contributed by atoms with Gasteiger partial charge in [-0.3, -0.25) is 4.79 Å². The Morgan fingerprint density at radius 3 is 2.19 bits per heavy atom. The summed E-state index contributed by atoms with van der Waals surface area (Å²) in [5.74, 6) is -0.148. The number of hydrogen-bond acceptors (Lipinski definition) is 4. The standard InChI is InChI=1S/C28H26ClN3O4S/c1-28(2)19-30(27(33)22-5-3-20(4-6-22)21-11-13-31(34)14-12-21)15-16-32(28)37(35,36)26-10-8-23-17-25(29)9-7-24(23)18-26/h3-14,17-18H,15-16,19H2,1-2H3. The average molecular weight is 536 g/mol. The van der Waals surface area contributed by atoms with Gasteiger partial charge in [0.1, 0.15) is 0 Å². The van der Waals surface area contributed by atoms with Gasteiger partial charge in [0.15, 0.2) is 12.4 Å². The summed E-state index contributed by atoms with van der Waals surface area (Å²) in [4.78, 5) is 15.2. The molecule has 1 aliphatic rings. The molecule has 1 aromatic heterocycles. The third-order valence-corrected chi connectivity index (χ3v) is 9.08. The number of benzene rings is 3. The highest BCUT2D eigenvalue weighted by molar-refractivity contribution is 7.89. The van der Waals surface area contributed by atoms with E-state index in [-0.39, 0.29) is 30.4 Å². The van der Waals surface area contributed by atoms with E-state index in [9.17, 15) is 18.4 Å². The first-order valence-corrected chi connectivity index (χ1v) is 13.7. The van der Waals surface area contributed by atoms with E-state index in [0.29, 0.717) is 10.6 Å². The van der Waals surface area contributed by atoms with Gasteiger partial charge < -0.3 is 10.1 Å². The molecule has 0 N–H and O–H groups in total. The summed E-state index contributed by atoms with van der Waals surface area (Å²) in [6.07, 6.45) is 2.86. The van der Waals surface area contributed by atoms with Crippen molar-refractivity contribution in [3.8, 4) is 11.1 Å². The van der Waals surface area contributed by atoms with Crippen LogP contribution in [0.1, 0.15) is 24.2 Å². The minimum Gasteiger partial charge on any atom is -0.619 e. The summed E-state index contributed by atoms with van der Waals surface area (Å²) in [7, 11) is -3.79. The van der Waals surface area contributed by atoms with Gasteiger partial charge in [-0.05, 0) is 72.1 Å². The van der Waals surface area contributed by atoms with Gasteiger partial charge in [-0.2, -0.15) is 9.04 Å². The number of carbonyl (C=O) groups is 1. The van der Waals surface area contributed by atoms with Crippen molar-refractivity contribution in [2.45, 2.75) is 24.3 Å². The first-order chi connectivity index (χ1) is 17.5. The van der Waals surface area contributed by atoms with Gasteiger partial charge in [-0.1, -0.05) is 35.9 Å². The largest absolute Gasteiger partial charge is 0.619 e. The van der Waals surface area contributed by atoms with Crippen molar-refractivity contribution >= 4 is 38.3 Å². The van der Waals surface area contributed by atoms with Crippen LogP contribution < -0.4 is 4.73 Å². The maximum Gasteiger partial charge on any atom is 0.253 e. The Bertz CT molecular complexity index is 1590. The number of piperazine rings is 1. The third kappa shape index (κ3) is 4.92. The van der Waals surface area contributed by atoms with Gasteiger partial charge in [0.05, 0.1) is 4.90 Å². The van der Waals surface area contributed by atoms with Gasteiger partial charge in [0, 0.05) is 47.9 Å². The molecule has 0 spiro atoms.